The van der Waals surface area contributed by atoms with Gasteiger partial charge < -0.3 is 9.64 Å². The van der Waals surface area contributed by atoms with Crippen molar-refractivity contribution in [2.45, 2.75) is 12.6 Å². The quantitative estimate of drug-likeness (QED) is 0.925. The number of nitrogens with one attached hydrogen (secondary N) is 1. The molecule has 1 N–H and O–H groups in total. The molecule has 2 aromatic carbocycles. The smallest absolute Gasteiger partial charge is 0.118 e. The highest BCUT2D eigenvalue weighted by atomic mass is 16.5. The summed E-state index contributed by atoms with van der Waals surface area (Å²) in [6.07, 6.45) is 1.40. The number of rotatable bonds is 3. The average molecular weight is 268 g/mol. The van der Waals surface area contributed by atoms with Crippen molar-refractivity contribution in [2.24, 2.45) is 0 Å². The van der Waals surface area contributed by atoms with Gasteiger partial charge in [0, 0.05) is 12.2 Å². The molecule has 1 fully saturated rings. The molecular formula is C17H20N2O. The second-order valence-electron chi connectivity index (χ2n) is 5.01. The second-order valence-corrected chi connectivity index (χ2v) is 5.01. The van der Waals surface area contributed by atoms with Crippen molar-refractivity contribution in [3.05, 3.63) is 60.2 Å². The molecule has 0 amide bonds. The zero-order chi connectivity index (χ0) is 13.8. The van der Waals surface area contributed by atoms with E-state index in [2.05, 4.69) is 52.7 Å². The highest BCUT2D eigenvalue weighted by Crippen LogP contribution is 2.28. The fourth-order valence-electron chi connectivity index (χ4n) is 2.71. The molecule has 1 aliphatic heterocycles. The van der Waals surface area contributed by atoms with Gasteiger partial charge in [-0.2, -0.15) is 0 Å². The number of anilines is 1. The van der Waals surface area contributed by atoms with Gasteiger partial charge >= 0.3 is 0 Å². The second kappa shape index (κ2) is 5.97. The van der Waals surface area contributed by atoms with Crippen molar-refractivity contribution >= 4 is 5.69 Å². The van der Waals surface area contributed by atoms with Crippen molar-refractivity contribution in [1.82, 2.24) is 5.32 Å². The first-order valence-electron chi connectivity index (χ1n) is 7.07. The maximum absolute atomic E-state index is 5.23. The summed E-state index contributed by atoms with van der Waals surface area (Å²) >= 11 is 0. The van der Waals surface area contributed by atoms with E-state index in [1.165, 1.54) is 17.7 Å². The van der Waals surface area contributed by atoms with E-state index in [0.29, 0.717) is 0 Å². The van der Waals surface area contributed by atoms with Crippen LogP contribution in [0.2, 0.25) is 0 Å². The van der Waals surface area contributed by atoms with E-state index >= 15 is 0 Å². The number of methoxy groups -OCH3 is 1. The van der Waals surface area contributed by atoms with Crippen LogP contribution in [0.4, 0.5) is 5.69 Å². The Morgan fingerprint density at radius 1 is 1.05 bits per heavy atom. The van der Waals surface area contributed by atoms with Gasteiger partial charge in [0.15, 0.2) is 0 Å². The molecule has 1 unspecified atom stereocenters. The van der Waals surface area contributed by atoms with Crippen LogP contribution in [0, 0.1) is 0 Å². The van der Waals surface area contributed by atoms with Crippen LogP contribution in [0.15, 0.2) is 54.6 Å². The third-order valence-corrected chi connectivity index (χ3v) is 3.74. The molecule has 104 valence electrons. The van der Waals surface area contributed by atoms with Gasteiger partial charge in [-0.1, -0.05) is 30.3 Å². The Morgan fingerprint density at radius 2 is 1.80 bits per heavy atom. The van der Waals surface area contributed by atoms with Crippen molar-refractivity contribution in [3.63, 3.8) is 0 Å². The lowest BCUT2D eigenvalue weighted by Crippen LogP contribution is -2.45. The van der Waals surface area contributed by atoms with Gasteiger partial charge in [-0.25, -0.2) is 0 Å². The maximum atomic E-state index is 5.23. The number of benzene rings is 2. The number of para-hydroxylation sites is 1. The lowest BCUT2D eigenvalue weighted by atomic mass is 10.1. The Labute approximate surface area is 120 Å². The molecule has 0 aliphatic carbocycles. The van der Waals surface area contributed by atoms with Gasteiger partial charge in [-0.15, -0.1) is 0 Å². The third kappa shape index (κ3) is 2.63. The third-order valence-electron chi connectivity index (χ3n) is 3.74. The molecular weight excluding hydrogens is 248 g/mol. The minimum Gasteiger partial charge on any atom is -0.497 e. The largest absolute Gasteiger partial charge is 0.497 e. The Balaban J connectivity index is 1.88. The predicted octanol–water partition coefficient (Wildman–Crippen LogP) is 3.19. The normalized spacial score (nSPS) is 18.9. The molecule has 1 saturated heterocycles. The Bertz CT molecular complexity index is 539. The van der Waals surface area contributed by atoms with Gasteiger partial charge in [-0.05, 0) is 42.8 Å². The van der Waals surface area contributed by atoms with Crippen molar-refractivity contribution in [1.29, 1.82) is 0 Å². The SMILES string of the molecule is COc1ccc(C2NCCCN2c2ccccc2)cc1. The van der Waals surface area contributed by atoms with Crippen LogP contribution in [0.1, 0.15) is 18.2 Å². The molecule has 0 spiro atoms. The van der Waals surface area contributed by atoms with E-state index in [1.54, 1.807) is 7.11 Å². The molecule has 0 aromatic heterocycles. The zero-order valence-corrected chi connectivity index (χ0v) is 11.8. The summed E-state index contributed by atoms with van der Waals surface area (Å²) in [6.45, 7) is 2.13. The minimum absolute atomic E-state index is 0.233. The van der Waals surface area contributed by atoms with E-state index < -0.39 is 0 Å². The first-order chi connectivity index (χ1) is 9.88. The van der Waals surface area contributed by atoms with Crippen LogP contribution in [0.25, 0.3) is 0 Å². The first kappa shape index (κ1) is 13.0. The lowest BCUT2D eigenvalue weighted by molar-refractivity contribution is 0.412. The van der Waals surface area contributed by atoms with Crippen LogP contribution < -0.4 is 15.0 Å². The fourth-order valence-corrected chi connectivity index (χ4v) is 2.71. The van der Waals surface area contributed by atoms with Crippen LogP contribution in [-0.2, 0) is 0 Å². The molecule has 0 saturated carbocycles. The van der Waals surface area contributed by atoms with E-state index in [1.807, 2.05) is 12.1 Å². The monoisotopic (exact) mass is 268 g/mol. The van der Waals surface area contributed by atoms with E-state index in [-0.39, 0.29) is 6.17 Å². The zero-order valence-electron chi connectivity index (χ0n) is 11.8. The van der Waals surface area contributed by atoms with Crippen LogP contribution in [-0.4, -0.2) is 20.2 Å². The number of hydrogen-bond donors (Lipinski definition) is 1. The predicted molar refractivity (Wildman–Crippen MR) is 82.1 cm³/mol. The minimum atomic E-state index is 0.233. The van der Waals surface area contributed by atoms with Crippen molar-refractivity contribution < 1.29 is 4.74 Å². The van der Waals surface area contributed by atoms with Crippen LogP contribution >= 0.6 is 0 Å². The molecule has 1 atom stereocenters. The molecule has 2 aromatic rings. The molecule has 0 bridgehead atoms. The van der Waals surface area contributed by atoms with E-state index in [9.17, 15) is 0 Å². The molecule has 3 rings (SSSR count). The molecule has 3 heteroatoms. The molecule has 20 heavy (non-hydrogen) atoms. The van der Waals surface area contributed by atoms with Crippen molar-refractivity contribution in [2.75, 3.05) is 25.1 Å². The maximum Gasteiger partial charge on any atom is 0.118 e. The summed E-state index contributed by atoms with van der Waals surface area (Å²) < 4.78 is 5.23. The lowest BCUT2D eigenvalue weighted by Gasteiger charge is -2.38. The summed E-state index contributed by atoms with van der Waals surface area (Å²) in [5.74, 6) is 0.899. The number of nitrogens with zero attached hydrogens (tertiary/aromatic N) is 1. The Kier molecular flexibility index (Phi) is 3.88. The Morgan fingerprint density at radius 3 is 2.50 bits per heavy atom. The Hall–Kier alpha value is -2.00. The molecule has 0 radical (unpaired) electrons. The van der Waals surface area contributed by atoms with E-state index in [4.69, 9.17) is 4.74 Å². The summed E-state index contributed by atoms with van der Waals surface area (Å²) in [7, 11) is 1.70. The topological polar surface area (TPSA) is 24.5 Å². The fraction of sp³-hybridized carbons (Fsp3) is 0.294. The summed E-state index contributed by atoms with van der Waals surface area (Å²) in [5, 5.41) is 3.61. The molecule has 1 heterocycles. The van der Waals surface area contributed by atoms with E-state index in [0.717, 1.165) is 18.8 Å². The van der Waals surface area contributed by atoms with Gasteiger partial charge in [0.25, 0.3) is 0 Å². The van der Waals surface area contributed by atoms with Crippen LogP contribution in [0.5, 0.6) is 5.75 Å². The molecule has 3 nitrogen and oxygen atoms in total. The van der Waals surface area contributed by atoms with Crippen LogP contribution in [0.3, 0.4) is 0 Å². The van der Waals surface area contributed by atoms with Gasteiger partial charge in [0.1, 0.15) is 11.9 Å². The van der Waals surface area contributed by atoms with Gasteiger partial charge in [-0.3, -0.25) is 5.32 Å². The van der Waals surface area contributed by atoms with Gasteiger partial charge in [0.05, 0.1) is 7.11 Å². The molecule has 1 aliphatic rings. The summed E-state index contributed by atoms with van der Waals surface area (Å²) in [4.78, 5) is 2.42. The number of hydrogen-bond acceptors (Lipinski definition) is 3. The first-order valence-corrected chi connectivity index (χ1v) is 7.07. The van der Waals surface area contributed by atoms with Gasteiger partial charge in [0.2, 0.25) is 0 Å². The summed E-state index contributed by atoms with van der Waals surface area (Å²) in [6, 6.07) is 18.9. The van der Waals surface area contributed by atoms with Crippen molar-refractivity contribution in [3.8, 4) is 5.75 Å². The highest BCUT2D eigenvalue weighted by Gasteiger charge is 2.23. The highest BCUT2D eigenvalue weighted by molar-refractivity contribution is 5.49. The average Bonchev–Trinajstić information content (AvgIpc) is 2.56. The standard InChI is InChI=1S/C17H20N2O/c1-20-16-10-8-14(9-11-16)17-18-12-5-13-19(17)15-6-3-2-4-7-15/h2-4,6-11,17-18H,5,12-13H2,1H3. The number of ether oxygens (including phenoxy) is 1. The summed E-state index contributed by atoms with van der Waals surface area (Å²) in [5.41, 5.74) is 2.54.